The Morgan fingerprint density at radius 3 is 2.84 bits per heavy atom. The average Bonchev–Trinajstić information content (AvgIpc) is 2.69. The van der Waals surface area contributed by atoms with Crippen LogP contribution in [0.2, 0.25) is 0 Å². The molecule has 1 aliphatic heterocycles. The summed E-state index contributed by atoms with van der Waals surface area (Å²) in [7, 11) is -1.30. The molecule has 0 aromatic heterocycles. The van der Waals surface area contributed by atoms with Crippen LogP contribution in [0.4, 0.5) is 0 Å². The highest BCUT2D eigenvalue weighted by Crippen LogP contribution is 2.26. The molecule has 1 fully saturated rings. The van der Waals surface area contributed by atoms with Gasteiger partial charge < -0.3 is 15.2 Å². The molecule has 0 bridgehead atoms. The third-order valence-electron chi connectivity index (χ3n) is 3.33. The first-order valence-corrected chi connectivity index (χ1v) is 8.09. The van der Waals surface area contributed by atoms with Crippen LogP contribution in [0.1, 0.15) is 12.0 Å². The van der Waals surface area contributed by atoms with Crippen molar-refractivity contribution < 1.29 is 18.3 Å². The van der Waals surface area contributed by atoms with E-state index >= 15 is 0 Å². The van der Waals surface area contributed by atoms with Crippen LogP contribution in [0.5, 0.6) is 11.5 Å². The molecule has 1 atom stereocenters. The van der Waals surface area contributed by atoms with Gasteiger partial charge in [0.05, 0.1) is 18.6 Å². The summed E-state index contributed by atoms with van der Waals surface area (Å²) in [6.07, 6.45) is 0.739. The molecule has 0 saturated carbocycles. The maximum absolute atomic E-state index is 11.3. The lowest BCUT2D eigenvalue weighted by Gasteiger charge is -2.10. The summed E-state index contributed by atoms with van der Waals surface area (Å²) in [4.78, 5) is 0. The van der Waals surface area contributed by atoms with Crippen molar-refractivity contribution in [1.29, 1.82) is 0 Å². The van der Waals surface area contributed by atoms with Crippen LogP contribution >= 0.6 is 0 Å². The van der Waals surface area contributed by atoms with Crippen molar-refractivity contribution in [3.63, 3.8) is 0 Å². The van der Waals surface area contributed by atoms with Crippen molar-refractivity contribution in [3.8, 4) is 11.5 Å². The van der Waals surface area contributed by atoms with E-state index in [2.05, 4.69) is 5.32 Å². The summed E-state index contributed by atoms with van der Waals surface area (Å²) in [5.41, 5.74) is 0.944. The van der Waals surface area contributed by atoms with Crippen LogP contribution < -0.4 is 10.1 Å². The molecule has 1 aromatic rings. The Labute approximate surface area is 113 Å². The van der Waals surface area contributed by atoms with Crippen LogP contribution in [-0.4, -0.2) is 38.7 Å². The fraction of sp³-hybridized carbons (Fsp3) is 0.538. The van der Waals surface area contributed by atoms with Crippen molar-refractivity contribution in [1.82, 2.24) is 5.32 Å². The number of methoxy groups -OCH3 is 1. The number of hydrogen-bond acceptors (Lipinski definition) is 5. The largest absolute Gasteiger partial charge is 0.504 e. The molecule has 2 rings (SSSR count). The quantitative estimate of drug-likeness (QED) is 0.841. The van der Waals surface area contributed by atoms with Gasteiger partial charge in [0.25, 0.3) is 0 Å². The minimum Gasteiger partial charge on any atom is -0.504 e. The van der Waals surface area contributed by atoms with E-state index in [1.165, 1.54) is 7.11 Å². The number of ether oxygens (including phenoxy) is 1. The molecule has 0 amide bonds. The Kier molecular flexibility index (Phi) is 4.31. The van der Waals surface area contributed by atoms with Gasteiger partial charge in [0.1, 0.15) is 0 Å². The number of rotatable bonds is 5. The molecule has 106 valence electrons. The highest BCUT2D eigenvalue weighted by molar-refractivity contribution is 7.91. The van der Waals surface area contributed by atoms with Crippen molar-refractivity contribution in [2.75, 3.05) is 25.2 Å². The Balaban J connectivity index is 1.81. The summed E-state index contributed by atoms with van der Waals surface area (Å²) >= 11 is 0. The Morgan fingerprint density at radius 1 is 1.47 bits per heavy atom. The van der Waals surface area contributed by atoms with Crippen molar-refractivity contribution in [3.05, 3.63) is 23.8 Å². The summed E-state index contributed by atoms with van der Waals surface area (Å²) in [5.74, 6) is 1.36. The van der Waals surface area contributed by atoms with Crippen LogP contribution in [-0.2, 0) is 16.4 Å². The zero-order chi connectivity index (χ0) is 13.9. The molecule has 1 aliphatic rings. The number of aromatic hydroxyl groups is 1. The molecule has 5 nitrogen and oxygen atoms in total. The second-order valence-corrected chi connectivity index (χ2v) is 7.13. The number of hydrogen-bond donors (Lipinski definition) is 2. The molecular weight excluding hydrogens is 266 g/mol. The van der Waals surface area contributed by atoms with Crippen LogP contribution in [0, 0.1) is 5.92 Å². The average molecular weight is 285 g/mol. The van der Waals surface area contributed by atoms with Crippen LogP contribution in [0.15, 0.2) is 18.2 Å². The highest BCUT2D eigenvalue weighted by atomic mass is 32.2. The van der Waals surface area contributed by atoms with E-state index < -0.39 is 9.84 Å². The Bertz CT molecular complexity index is 542. The second kappa shape index (κ2) is 5.79. The standard InChI is InChI=1S/C13H19NO4S/c1-18-13-3-2-10(6-12(13)15)7-14-8-11-4-5-19(16,17)9-11/h2-3,6,11,14-15H,4-5,7-9H2,1H3. The molecule has 0 radical (unpaired) electrons. The first kappa shape index (κ1) is 14.1. The summed E-state index contributed by atoms with van der Waals surface area (Å²) in [6, 6.07) is 5.24. The van der Waals surface area contributed by atoms with E-state index in [0.717, 1.165) is 12.0 Å². The van der Waals surface area contributed by atoms with Crippen molar-refractivity contribution >= 4 is 9.84 Å². The minimum absolute atomic E-state index is 0.116. The van der Waals surface area contributed by atoms with Crippen LogP contribution in [0.25, 0.3) is 0 Å². The van der Waals surface area contributed by atoms with Crippen LogP contribution in [0.3, 0.4) is 0 Å². The van der Waals surface area contributed by atoms with Gasteiger partial charge in [0, 0.05) is 6.54 Å². The number of benzene rings is 1. The third-order valence-corrected chi connectivity index (χ3v) is 5.17. The zero-order valence-corrected chi connectivity index (χ0v) is 11.7. The van der Waals surface area contributed by atoms with Gasteiger partial charge in [-0.15, -0.1) is 0 Å². The maximum Gasteiger partial charge on any atom is 0.160 e. The third kappa shape index (κ3) is 3.84. The van der Waals surface area contributed by atoms with Crippen molar-refractivity contribution in [2.24, 2.45) is 5.92 Å². The van der Waals surface area contributed by atoms with E-state index in [0.29, 0.717) is 24.6 Å². The molecule has 1 unspecified atom stereocenters. The normalized spacial score (nSPS) is 21.4. The molecule has 1 heterocycles. The first-order chi connectivity index (χ1) is 9.00. The molecule has 1 aromatic carbocycles. The summed E-state index contributed by atoms with van der Waals surface area (Å²) < 4.78 is 27.6. The Hall–Kier alpha value is -1.27. The van der Waals surface area contributed by atoms with Gasteiger partial charge in [-0.2, -0.15) is 0 Å². The summed E-state index contributed by atoms with van der Waals surface area (Å²) in [5, 5.41) is 12.9. The fourth-order valence-electron chi connectivity index (χ4n) is 2.30. The molecule has 1 saturated heterocycles. The van der Waals surface area contributed by atoms with E-state index in [1.54, 1.807) is 12.1 Å². The van der Waals surface area contributed by atoms with E-state index in [-0.39, 0.29) is 17.4 Å². The number of nitrogens with one attached hydrogen (secondary N) is 1. The highest BCUT2D eigenvalue weighted by Gasteiger charge is 2.27. The van der Waals surface area contributed by atoms with E-state index in [9.17, 15) is 13.5 Å². The molecule has 0 spiro atoms. The smallest absolute Gasteiger partial charge is 0.160 e. The predicted molar refractivity (Wildman–Crippen MR) is 73.1 cm³/mol. The number of phenols is 1. The van der Waals surface area contributed by atoms with Gasteiger partial charge in [-0.3, -0.25) is 0 Å². The predicted octanol–water partition coefficient (Wildman–Crippen LogP) is 0.925. The molecular formula is C13H19NO4S. The molecule has 19 heavy (non-hydrogen) atoms. The lowest BCUT2D eigenvalue weighted by atomic mass is 10.1. The lowest BCUT2D eigenvalue weighted by molar-refractivity contribution is 0.373. The molecule has 2 N–H and O–H groups in total. The Morgan fingerprint density at radius 2 is 2.26 bits per heavy atom. The summed E-state index contributed by atoms with van der Waals surface area (Å²) in [6.45, 7) is 1.29. The fourth-order valence-corrected chi connectivity index (χ4v) is 4.16. The number of phenolic OH excluding ortho intramolecular Hbond substituents is 1. The molecule has 6 heteroatoms. The lowest BCUT2D eigenvalue weighted by Crippen LogP contribution is -2.23. The second-order valence-electron chi connectivity index (χ2n) is 4.91. The van der Waals surface area contributed by atoms with Gasteiger partial charge in [-0.25, -0.2) is 8.42 Å². The monoisotopic (exact) mass is 285 g/mol. The van der Waals surface area contributed by atoms with E-state index in [4.69, 9.17) is 4.74 Å². The van der Waals surface area contributed by atoms with Gasteiger partial charge in [-0.05, 0) is 36.6 Å². The minimum atomic E-state index is -2.80. The van der Waals surface area contributed by atoms with Crippen molar-refractivity contribution in [2.45, 2.75) is 13.0 Å². The van der Waals surface area contributed by atoms with Gasteiger partial charge in [0.2, 0.25) is 0 Å². The zero-order valence-electron chi connectivity index (χ0n) is 10.9. The van der Waals surface area contributed by atoms with Gasteiger partial charge >= 0.3 is 0 Å². The molecule has 0 aliphatic carbocycles. The topological polar surface area (TPSA) is 75.6 Å². The first-order valence-electron chi connectivity index (χ1n) is 6.27. The SMILES string of the molecule is COc1ccc(CNCC2CCS(=O)(=O)C2)cc1O. The maximum atomic E-state index is 11.3. The van der Waals surface area contributed by atoms with Gasteiger partial charge in [0.15, 0.2) is 21.3 Å². The van der Waals surface area contributed by atoms with Gasteiger partial charge in [-0.1, -0.05) is 6.07 Å². The number of sulfone groups is 1. The van der Waals surface area contributed by atoms with E-state index in [1.807, 2.05) is 6.07 Å².